The van der Waals surface area contributed by atoms with E-state index in [9.17, 15) is 0 Å². The van der Waals surface area contributed by atoms with Gasteiger partial charge < -0.3 is 0 Å². The second kappa shape index (κ2) is 66.5. The minimum absolute atomic E-state index is 0. The van der Waals surface area contributed by atoms with Gasteiger partial charge in [0.25, 0.3) is 0 Å². The molecule has 0 amide bonds. The fourth-order valence-electron chi connectivity index (χ4n) is 0. The van der Waals surface area contributed by atoms with E-state index in [-0.39, 0.29) is 17.4 Å². The molecule has 0 unspecified atom stereocenters. The summed E-state index contributed by atoms with van der Waals surface area (Å²) in [5, 5.41) is 11.2. The van der Waals surface area contributed by atoms with E-state index in [0.29, 0.717) is 0 Å². The quantitative estimate of drug-likeness (QED) is 0.465. The van der Waals surface area contributed by atoms with E-state index in [1.165, 1.54) is 0 Å². The molecule has 0 bridgehead atoms. The third kappa shape index (κ3) is 38.4. The Balaban J connectivity index is -0.0000000133. The monoisotopic (exact) mass is 180 g/mol. The summed E-state index contributed by atoms with van der Waals surface area (Å²) in [5.74, 6) is 0. The van der Waals surface area contributed by atoms with E-state index in [0.717, 1.165) is 0 Å². The molecule has 0 radical (unpaired) electrons. The van der Waals surface area contributed by atoms with Crippen LogP contribution in [0.2, 0.25) is 0 Å². The summed E-state index contributed by atoms with van der Waals surface area (Å²) in [7, 11) is 0. The van der Waals surface area contributed by atoms with Crippen LogP contribution in [0.5, 0.6) is 0 Å². The zero-order valence-corrected chi connectivity index (χ0v) is 6.05. The fourth-order valence-corrected chi connectivity index (χ4v) is 0. The molecule has 5 heavy (non-hydrogen) atoms. The van der Waals surface area contributed by atoms with Crippen LogP contribution in [0, 0.1) is 10.4 Å². The molecule has 3 heteroatoms. The topological polar surface area (TPSA) is 0 Å². The Bertz CT molecular complexity index is 20.4. The van der Waals surface area contributed by atoms with Crippen molar-refractivity contribution in [3.63, 3.8) is 0 Å². The molecule has 0 saturated heterocycles. The van der Waals surface area contributed by atoms with Gasteiger partial charge in [0.15, 0.2) is 0 Å². The van der Waals surface area contributed by atoms with E-state index in [2.05, 4.69) is 0 Å². The molecule has 0 heterocycles. The Labute approximate surface area is 58.9 Å². The number of rotatable bonds is 0. The van der Waals surface area contributed by atoms with Crippen molar-refractivity contribution in [1.82, 2.24) is 0 Å². The second-order valence-electron chi connectivity index (χ2n) is 0. The minimum atomic E-state index is 0. The van der Waals surface area contributed by atoms with Gasteiger partial charge in [0.2, 0.25) is 0 Å². The first-order valence-electron chi connectivity index (χ1n) is 0.408. The molecule has 0 aromatic carbocycles. The maximum atomic E-state index is 5.62. The van der Waals surface area contributed by atoms with Gasteiger partial charge in [0.05, 0.1) is 0 Å². The molecular formula is C2Cr3. The molecule has 0 saturated carbocycles. The van der Waals surface area contributed by atoms with E-state index in [1.54, 1.807) is 0 Å². The minimum Gasteiger partial charge on any atom is 2.00 e. The van der Waals surface area contributed by atoms with Crippen molar-refractivity contribution >= 4 is 0 Å². The fraction of sp³-hybridized carbons (Fsp3) is 0. The van der Waals surface area contributed by atoms with Gasteiger partial charge in [0.1, 0.15) is 0 Å². The Hall–Kier alpha value is 1.16. The van der Waals surface area contributed by atoms with Crippen molar-refractivity contribution in [1.29, 1.82) is 0 Å². The van der Waals surface area contributed by atoms with Gasteiger partial charge in [-0.1, -0.05) is 0 Å². The molecule has 0 N–H and O–H groups in total. The van der Waals surface area contributed by atoms with E-state index in [1.807, 2.05) is 31.3 Å². The summed E-state index contributed by atoms with van der Waals surface area (Å²) in [6, 6.07) is 0. The van der Waals surface area contributed by atoms with Crippen LogP contribution in [-0.4, -0.2) is 0 Å². The molecule has 0 atom stereocenters. The first kappa shape index (κ1) is 16.4. The number of hydrogen-bond acceptors (Lipinski definition) is 0. The molecule has 0 fully saturated rings. The van der Waals surface area contributed by atoms with Gasteiger partial charge in [-0.25, -0.2) is 0 Å². The maximum Gasteiger partial charge on any atom is 2.00 e. The first-order chi connectivity index (χ1) is 2.00. The largest absolute Gasteiger partial charge is 2.00 e. The summed E-state index contributed by atoms with van der Waals surface area (Å²) in [5.41, 5.74) is 0. The van der Waals surface area contributed by atoms with Crippen molar-refractivity contribution in [2.75, 3.05) is 0 Å². The zero-order chi connectivity index (χ0) is 4.00. The van der Waals surface area contributed by atoms with Gasteiger partial charge in [0, 0.05) is 0 Å². The molecular weight excluding hydrogens is 180 g/mol. The SMILES string of the molecule is [C-]#[Cr].[C-]#[Cr].[Cr+2]. The molecule has 0 aliphatic rings. The van der Waals surface area contributed by atoms with Gasteiger partial charge in [-0.3, -0.25) is 0 Å². The summed E-state index contributed by atoms with van der Waals surface area (Å²) in [6.07, 6.45) is 0. The normalized spacial score (nSPS) is 0.800. The predicted octanol–water partition coefficient (Wildman–Crippen LogP) is 0.155. The summed E-state index contributed by atoms with van der Waals surface area (Å²) in [6.45, 7) is 0. The van der Waals surface area contributed by atoms with E-state index in [4.69, 9.17) is 10.4 Å². The van der Waals surface area contributed by atoms with E-state index >= 15 is 0 Å². The Morgan fingerprint density at radius 2 is 0.800 bits per heavy atom. The van der Waals surface area contributed by atoms with Crippen molar-refractivity contribution in [2.45, 2.75) is 0 Å². The first-order valence-corrected chi connectivity index (χ1v) is 1.68. The summed E-state index contributed by atoms with van der Waals surface area (Å²) in [4.78, 5) is 0. The van der Waals surface area contributed by atoms with Crippen LogP contribution in [0.15, 0.2) is 0 Å². The van der Waals surface area contributed by atoms with Crippen LogP contribution in [0.25, 0.3) is 0 Å². The average molecular weight is 180 g/mol. The average Bonchev–Trinajstić information content (AvgIpc) is 1.50. The molecule has 0 aromatic heterocycles. The zero-order valence-electron chi connectivity index (χ0n) is 2.22. The Kier molecular flexibility index (Phi) is 219. The van der Waals surface area contributed by atoms with Crippen molar-refractivity contribution in [3.8, 4) is 0 Å². The molecule has 0 aliphatic carbocycles. The molecule has 0 spiro atoms. The van der Waals surface area contributed by atoms with Gasteiger partial charge in [-0.15, -0.1) is 0 Å². The third-order valence-corrected chi connectivity index (χ3v) is 0. The Morgan fingerprint density at radius 3 is 0.800 bits per heavy atom. The third-order valence-electron chi connectivity index (χ3n) is 0. The molecule has 0 nitrogen and oxygen atoms in total. The summed E-state index contributed by atoms with van der Waals surface area (Å²) >= 11 is 3.75. The van der Waals surface area contributed by atoms with Crippen LogP contribution in [0.3, 0.4) is 0 Å². The summed E-state index contributed by atoms with van der Waals surface area (Å²) < 4.78 is 0. The van der Waals surface area contributed by atoms with Crippen LogP contribution in [-0.2, 0) is 48.7 Å². The smallest absolute Gasteiger partial charge is 2.00 e. The van der Waals surface area contributed by atoms with Crippen molar-refractivity contribution in [3.05, 3.63) is 10.4 Å². The van der Waals surface area contributed by atoms with E-state index < -0.39 is 0 Å². The van der Waals surface area contributed by atoms with Crippen molar-refractivity contribution < 1.29 is 48.7 Å². The van der Waals surface area contributed by atoms with Crippen molar-refractivity contribution in [2.24, 2.45) is 0 Å². The van der Waals surface area contributed by atoms with Crippen LogP contribution in [0.4, 0.5) is 0 Å². The molecule has 0 aromatic rings. The van der Waals surface area contributed by atoms with Crippen LogP contribution in [0.1, 0.15) is 0 Å². The second-order valence-corrected chi connectivity index (χ2v) is 0. The van der Waals surface area contributed by atoms with Gasteiger partial charge >= 0.3 is 59.1 Å². The molecule has 0 aliphatic heterocycles. The maximum absolute atomic E-state index is 5.62. The van der Waals surface area contributed by atoms with Gasteiger partial charge in [-0.05, 0) is 0 Å². The molecule has 26 valence electrons. The standard InChI is InChI=1S/2C.3Cr/q2*-1;;;+2. The molecule has 0 rings (SSSR count). The van der Waals surface area contributed by atoms with Gasteiger partial charge in [-0.2, -0.15) is 0 Å². The van der Waals surface area contributed by atoms with Crippen LogP contribution >= 0.6 is 0 Å². The van der Waals surface area contributed by atoms with Crippen LogP contribution < -0.4 is 0 Å². The Morgan fingerprint density at radius 1 is 0.800 bits per heavy atom. The predicted molar refractivity (Wildman–Crippen MR) is 6.49 cm³/mol. The number of hydrogen-bond donors (Lipinski definition) is 0.